The number of phenolic OH excluding ortho intramolecular Hbond substituents is 1. The lowest BCUT2D eigenvalue weighted by Crippen LogP contribution is -2.40. The topological polar surface area (TPSA) is 32.3 Å². The molecule has 4 heteroatoms. The van der Waals surface area contributed by atoms with Gasteiger partial charge in [-0.3, -0.25) is 0 Å². The van der Waals surface area contributed by atoms with Gasteiger partial charge in [0.1, 0.15) is 11.6 Å². The molecule has 1 aliphatic rings. The molecule has 1 fully saturated rings. The van der Waals surface area contributed by atoms with Gasteiger partial charge in [0.05, 0.1) is 0 Å². The van der Waals surface area contributed by atoms with Gasteiger partial charge in [0.15, 0.2) is 0 Å². The van der Waals surface area contributed by atoms with E-state index in [1.54, 1.807) is 0 Å². The van der Waals surface area contributed by atoms with Gasteiger partial charge in [0.2, 0.25) is 0 Å². The van der Waals surface area contributed by atoms with E-state index >= 15 is 0 Å². The quantitative estimate of drug-likeness (QED) is 0.794. The van der Waals surface area contributed by atoms with E-state index in [4.69, 9.17) is 0 Å². The van der Waals surface area contributed by atoms with Crippen molar-refractivity contribution in [2.45, 2.75) is 5.92 Å². The van der Waals surface area contributed by atoms with Crippen LogP contribution in [0.1, 0.15) is 11.5 Å². The van der Waals surface area contributed by atoms with E-state index < -0.39 is 0 Å². The Morgan fingerprint density at radius 3 is 2.62 bits per heavy atom. The van der Waals surface area contributed by atoms with Crippen LogP contribution in [-0.2, 0) is 0 Å². The Morgan fingerprint density at radius 1 is 1.46 bits per heavy atom. The molecular formula is C9H9BrFNO. The molecule has 1 saturated heterocycles. The number of hydrogen-bond donors (Lipinski definition) is 2. The molecule has 0 aliphatic carbocycles. The Morgan fingerprint density at radius 2 is 2.15 bits per heavy atom. The molecule has 0 bridgehead atoms. The van der Waals surface area contributed by atoms with Gasteiger partial charge >= 0.3 is 0 Å². The van der Waals surface area contributed by atoms with E-state index in [9.17, 15) is 9.50 Å². The Hall–Kier alpha value is -0.610. The average molecular weight is 246 g/mol. The van der Waals surface area contributed by atoms with Crippen molar-refractivity contribution in [1.29, 1.82) is 0 Å². The number of hydrogen-bond acceptors (Lipinski definition) is 2. The highest BCUT2D eigenvalue weighted by Crippen LogP contribution is 2.33. The molecule has 0 atom stereocenters. The average Bonchev–Trinajstić information content (AvgIpc) is 1.92. The molecule has 0 amide bonds. The molecule has 1 aliphatic heterocycles. The predicted octanol–water partition coefficient (Wildman–Crippen LogP) is 1.98. The van der Waals surface area contributed by atoms with Crippen molar-refractivity contribution in [2.75, 3.05) is 13.1 Å². The number of aromatic hydroxyl groups is 1. The van der Waals surface area contributed by atoms with Crippen molar-refractivity contribution >= 4 is 15.9 Å². The molecule has 1 heterocycles. The van der Waals surface area contributed by atoms with Crippen molar-refractivity contribution < 1.29 is 9.50 Å². The van der Waals surface area contributed by atoms with Gasteiger partial charge in [-0.05, 0) is 12.1 Å². The van der Waals surface area contributed by atoms with Gasteiger partial charge in [-0.1, -0.05) is 15.9 Å². The van der Waals surface area contributed by atoms with Crippen LogP contribution in [-0.4, -0.2) is 18.2 Å². The summed E-state index contributed by atoms with van der Waals surface area (Å²) in [4.78, 5) is 0. The monoisotopic (exact) mass is 245 g/mol. The second-order valence-electron chi connectivity index (χ2n) is 3.18. The van der Waals surface area contributed by atoms with Crippen LogP contribution in [0.2, 0.25) is 0 Å². The van der Waals surface area contributed by atoms with Gasteiger partial charge in [-0.15, -0.1) is 0 Å². The van der Waals surface area contributed by atoms with E-state index in [1.165, 1.54) is 12.1 Å². The van der Waals surface area contributed by atoms with E-state index in [0.29, 0.717) is 10.0 Å². The molecule has 0 saturated carbocycles. The largest absolute Gasteiger partial charge is 0.508 e. The standard InChI is InChI=1S/C9H9BrFNO/c10-6-1-7(11)9(8(13)2-6)5-3-12-4-5/h1-2,5,12-13H,3-4H2. The van der Waals surface area contributed by atoms with E-state index in [0.717, 1.165) is 13.1 Å². The normalized spacial score (nSPS) is 17.1. The molecule has 2 nitrogen and oxygen atoms in total. The fraction of sp³-hybridized carbons (Fsp3) is 0.333. The first kappa shape index (κ1) is 8.97. The summed E-state index contributed by atoms with van der Waals surface area (Å²) in [6, 6.07) is 2.91. The molecule has 1 aromatic carbocycles. The summed E-state index contributed by atoms with van der Waals surface area (Å²) in [6.07, 6.45) is 0. The molecule has 70 valence electrons. The molecule has 2 N–H and O–H groups in total. The fourth-order valence-electron chi connectivity index (χ4n) is 1.47. The number of nitrogens with one attached hydrogen (secondary N) is 1. The van der Waals surface area contributed by atoms with Crippen LogP contribution in [0.5, 0.6) is 5.75 Å². The second-order valence-corrected chi connectivity index (χ2v) is 4.09. The smallest absolute Gasteiger partial charge is 0.131 e. The van der Waals surface area contributed by atoms with Gasteiger partial charge in [-0.2, -0.15) is 0 Å². The zero-order valence-electron chi connectivity index (χ0n) is 6.85. The van der Waals surface area contributed by atoms with E-state index in [1.807, 2.05) is 0 Å². The zero-order chi connectivity index (χ0) is 9.42. The van der Waals surface area contributed by atoms with Gasteiger partial charge in [0.25, 0.3) is 0 Å². The van der Waals surface area contributed by atoms with E-state index in [2.05, 4.69) is 21.2 Å². The second kappa shape index (κ2) is 3.27. The lowest BCUT2D eigenvalue weighted by atomic mass is 9.92. The maximum absolute atomic E-state index is 13.4. The molecule has 0 aromatic heterocycles. The maximum Gasteiger partial charge on any atom is 0.131 e. The molecule has 0 spiro atoms. The number of phenols is 1. The SMILES string of the molecule is Oc1cc(Br)cc(F)c1C1CNC1. The van der Waals surface area contributed by atoms with Crippen LogP contribution in [0.15, 0.2) is 16.6 Å². The minimum atomic E-state index is -0.335. The first-order chi connectivity index (χ1) is 6.18. The van der Waals surface area contributed by atoms with Crippen molar-refractivity contribution in [1.82, 2.24) is 5.32 Å². The molecule has 13 heavy (non-hydrogen) atoms. The molecule has 2 rings (SSSR count). The van der Waals surface area contributed by atoms with Gasteiger partial charge in [-0.25, -0.2) is 4.39 Å². The third kappa shape index (κ3) is 1.56. The summed E-state index contributed by atoms with van der Waals surface area (Å²) >= 11 is 3.12. The number of halogens is 2. The Balaban J connectivity index is 2.43. The number of rotatable bonds is 1. The van der Waals surface area contributed by atoms with Crippen LogP contribution in [0.3, 0.4) is 0 Å². The van der Waals surface area contributed by atoms with Crippen molar-refractivity contribution in [3.8, 4) is 5.75 Å². The molecule has 0 unspecified atom stereocenters. The number of benzene rings is 1. The fourth-order valence-corrected chi connectivity index (χ4v) is 1.89. The van der Waals surface area contributed by atoms with Crippen LogP contribution in [0.4, 0.5) is 4.39 Å². The van der Waals surface area contributed by atoms with Gasteiger partial charge in [0, 0.05) is 29.0 Å². The summed E-state index contributed by atoms with van der Waals surface area (Å²) in [5, 5.41) is 12.5. The van der Waals surface area contributed by atoms with Crippen molar-refractivity contribution in [3.05, 3.63) is 28.0 Å². The summed E-state index contributed by atoms with van der Waals surface area (Å²) in [7, 11) is 0. The van der Waals surface area contributed by atoms with E-state index in [-0.39, 0.29) is 17.5 Å². The minimum Gasteiger partial charge on any atom is -0.508 e. The maximum atomic E-state index is 13.4. The highest BCUT2D eigenvalue weighted by Gasteiger charge is 2.25. The third-order valence-corrected chi connectivity index (χ3v) is 2.72. The summed E-state index contributed by atoms with van der Waals surface area (Å²) in [5.41, 5.74) is 0.432. The molecule has 0 radical (unpaired) electrons. The third-order valence-electron chi connectivity index (χ3n) is 2.26. The van der Waals surface area contributed by atoms with Crippen molar-refractivity contribution in [2.24, 2.45) is 0 Å². The first-order valence-electron chi connectivity index (χ1n) is 4.07. The summed E-state index contributed by atoms with van der Waals surface area (Å²) in [5.74, 6) is -0.176. The summed E-state index contributed by atoms with van der Waals surface area (Å²) in [6.45, 7) is 1.48. The first-order valence-corrected chi connectivity index (χ1v) is 4.86. The summed E-state index contributed by atoms with van der Waals surface area (Å²) < 4.78 is 13.9. The Labute approximate surface area is 83.9 Å². The minimum absolute atomic E-state index is 0.0402. The zero-order valence-corrected chi connectivity index (χ0v) is 8.44. The van der Waals surface area contributed by atoms with Crippen LogP contribution in [0, 0.1) is 5.82 Å². The van der Waals surface area contributed by atoms with Crippen LogP contribution < -0.4 is 5.32 Å². The Bertz CT molecular complexity index is 315. The predicted molar refractivity (Wildman–Crippen MR) is 51.4 cm³/mol. The van der Waals surface area contributed by atoms with Crippen molar-refractivity contribution in [3.63, 3.8) is 0 Å². The Kier molecular flexibility index (Phi) is 2.26. The van der Waals surface area contributed by atoms with Crippen LogP contribution in [0.25, 0.3) is 0 Å². The van der Waals surface area contributed by atoms with Crippen LogP contribution >= 0.6 is 15.9 Å². The lowest BCUT2D eigenvalue weighted by Gasteiger charge is -2.28. The highest BCUT2D eigenvalue weighted by atomic mass is 79.9. The molecular weight excluding hydrogens is 237 g/mol. The molecule has 1 aromatic rings. The van der Waals surface area contributed by atoms with Gasteiger partial charge < -0.3 is 10.4 Å². The lowest BCUT2D eigenvalue weighted by molar-refractivity contribution is 0.396. The highest BCUT2D eigenvalue weighted by molar-refractivity contribution is 9.10.